The molecule has 0 aliphatic heterocycles. The normalized spacial score (nSPS) is 10.7. The number of halogens is 1. The van der Waals surface area contributed by atoms with Crippen molar-refractivity contribution in [2.24, 2.45) is 0 Å². The summed E-state index contributed by atoms with van der Waals surface area (Å²) in [5, 5.41) is 12.1. The van der Waals surface area contributed by atoms with Gasteiger partial charge in [0.25, 0.3) is 0 Å². The summed E-state index contributed by atoms with van der Waals surface area (Å²) >= 11 is 7.24. The van der Waals surface area contributed by atoms with Crippen LogP contribution in [0.1, 0.15) is 13.8 Å². The van der Waals surface area contributed by atoms with E-state index >= 15 is 0 Å². The number of aromatic nitrogens is 3. The fourth-order valence-corrected chi connectivity index (χ4v) is 3.72. The maximum Gasteiger partial charge on any atom is 0.234 e. The molecule has 9 heteroatoms. The van der Waals surface area contributed by atoms with Crippen molar-refractivity contribution in [3.05, 3.63) is 53.6 Å². The molecule has 1 aromatic heterocycles. The minimum Gasteiger partial charge on any atom is -0.372 e. The molecule has 0 atom stereocenters. The van der Waals surface area contributed by atoms with Gasteiger partial charge in [-0.3, -0.25) is 4.79 Å². The maximum atomic E-state index is 12.3. The molecule has 3 rings (SSSR count). The van der Waals surface area contributed by atoms with Crippen molar-refractivity contribution in [3.63, 3.8) is 0 Å². The average molecular weight is 431 g/mol. The molecule has 0 saturated carbocycles. The second-order valence-electron chi connectivity index (χ2n) is 6.24. The molecule has 29 heavy (non-hydrogen) atoms. The number of nitrogens with one attached hydrogen (secondary N) is 1. The minimum absolute atomic E-state index is 0.141. The van der Waals surface area contributed by atoms with E-state index in [0.29, 0.717) is 16.0 Å². The van der Waals surface area contributed by atoms with Crippen LogP contribution in [-0.4, -0.2) is 39.6 Å². The second kappa shape index (κ2) is 9.67. The maximum absolute atomic E-state index is 12.3. The van der Waals surface area contributed by atoms with Gasteiger partial charge in [-0.25, -0.2) is 4.68 Å². The number of thioether (sulfide) groups is 1. The number of amides is 1. The summed E-state index contributed by atoms with van der Waals surface area (Å²) in [6, 6.07) is 15.0. The number of nitrogens with zero attached hydrogens (tertiary/aromatic N) is 4. The van der Waals surface area contributed by atoms with E-state index in [1.807, 2.05) is 36.4 Å². The predicted octanol–water partition coefficient (Wildman–Crippen LogP) is 3.89. The first-order valence-electron chi connectivity index (χ1n) is 9.26. The summed E-state index contributed by atoms with van der Waals surface area (Å²) in [6.45, 7) is 6.11. The van der Waals surface area contributed by atoms with Crippen LogP contribution in [0.4, 0.5) is 11.4 Å². The highest BCUT2D eigenvalue weighted by Crippen LogP contribution is 2.24. The van der Waals surface area contributed by atoms with E-state index < -0.39 is 0 Å². The van der Waals surface area contributed by atoms with Gasteiger partial charge in [0.1, 0.15) is 0 Å². The molecular formula is C20H23ClN6OS. The molecule has 0 unspecified atom stereocenters. The fourth-order valence-electron chi connectivity index (χ4n) is 2.87. The fraction of sp³-hybridized carbons (Fsp3) is 0.250. The summed E-state index contributed by atoms with van der Waals surface area (Å²) in [5.41, 5.74) is 2.64. The summed E-state index contributed by atoms with van der Waals surface area (Å²) in [4.78, 5) is 14.5. The van der Waals surface area contributed by atoms with Crippen LogP contribution >= 0.6 is 23.4 Å². The first kappa shape index (κ1) is 21.0. The molecule has 3 aromatic rings. The number of carbonyl (C=O) groups is 1. The molecular weight excluding hydrogens is 408 g/mol. The van der Waals surface area contributed by atoms with Crippen LogP contribution < -0.4 is 16.1 Å². The third-order valence-electron chi connectivity index (χ3n) is 4.36. The Balaban J connectivity index is 1.59. The molecule has 1 amide bonds. The Morgan fingerprint density at radius 2 is 1.90 bits per heavy atom. The topological polar surface area (TPSA) is 89.1 Å². The van der Waals surface area contributed by atoms with Crippen molar-refractivity contribution in [3.8, 4) is 11.4 Å². The van der Waals surface area contributed by atoms with Gasteiger partial charge >= 0.3 is 0 Å². The van der Waals surface area contributed by atoms with Gasteiger partial charge < -0.3 is 16.1 Å². The molecule has 2 aromatic carbocycles. The first-order chi connectivity index (χ1) is 14.0. The van der Waals surface area contributed by atoms with Gasteiger partial charge in [-0.1, -0.05) is 35.5 Å². The van der Waals surface area contributed by atoms with Gasteiger partial charge in [0.2, 0.25) is 11.1 Å². The monoisotopic (exact) mass is 430 g/mol. The van der Waals surface area contributed by atoms with Crippen LogP contribution in [0.25, 0.3) is 11.4 Å². The summed E-state index contributed by atoms with van der Waals surface area (Å²) < 4.78 is 1.36. The Hall–Kier alpha value is -2.71. The summed E-state index contributed by atoms with van der Waals surface area (Å²) in [5.74, 6) is 6.60. The van der Waals surface area contributed by atoms with Crippen LogP contribution in [0, 0.1) is 0 Å². The molecule has 1 heterocycles. The Morgan fingerprint density at radius 1 is 1.17 bits per heavy atom. The van der Waals surface area contributed by atoms with Crippen molar-refractivity contribution in [1.29, 1.82) is 0 Å². The lowest BCUT2D eigenvalue weighted by atomic mass is 10.2. The molecule has 0 radical (unpaired) electrons. The van der Waals surface area contributed by atoms with E-state index in [1.165, 1.54) is 16.4 Å². The van der Waals surface area contributed by atoms with Gasteiger partial charge in [-0.05, 0) is 50.2 Å². The molecule has 0 aliphatic rings. The zero-order valence-corrected chi connectivity index (χ0v) is 17.9. The van der Waals surface area contributed by atoms with Crippen LogP contribution in [0.15, 0.2) is 53.7 Å². The highest BCUT2D eigenvalue weighted by Gasteiger charge is 2.14. The van der Waals surface area contributed by atoms with Gasteiger partial charge in [-0.2, -0.15) is 0 Å². The zero-order valence-electron chi connectivity index (χ0n) is 16.3. The first-order valence-corrected chi connectivity index (χ1v) is 10.6. The molecule has 152 valence electrons. The number of benzene rings is 2. The van der Waals surface area contributed by atoms with Gasteiger partial charge in [0.15, 0.2) is 5.82 Å². The summed E-state index contributed by atoms with van der Waals surface area (Å²) in [7, 11) is 0. The molecule has 0 spiro atoms. The minimum atomic E-state index is -0.141. The lowest BCUT2D eigenvalue weighted by molar-refractivity contribution is -0.113. The third-order valence-corrected chi connectivity index (χ3v) is 5.54. The standard InChI is InChI=1S/C20H23ClN6OS/c1-3-26(4-2)17-10-8-16(9-11-17)23-18(28)13-29-20-25-24-19(27(20)22)14-6-5-7-15(21)12-14/h5-12H,3-4,13,22H2,1-2H3,(H,23,28). The Bertz CT molecular complexity index is 971. The van der Waals surface area contributed by atoms with Crippen molar-refractivity contribution < 1.29 is 4.79 Å². The molecule has 7 nitrogen and oxygen atoms in total. The van der Waals surface area contributed by atoms with Gasteiger partial charge in [0, 0.05) is 35.1 Å². The molecule has 0 bridgehead atoms. The number of nitrogen functional groups attached to an aromatic ring is 1. The van der Waals surface area contributed by atoms with Crippen molar-refractivity contribution in [2.45, 2.75) is 19.0 Å². The Kier molecular flexibility index (Phi) is 7.00. The molecule has 0 aliphatic carbocycles. The number of hydrogen-bond acceptors (Lipinski definition) is 6. The Labute approximate surface area is 179 Å². The lowest BCUT2D eigenvalue weighted by Gasteiger charge is -2.21. The molecule has 3 N–H and O–H groups in total. The van der Waals surface area contributed by atoms with Gasteiger partial charge in [0.05, 0.1) is 5.75 Å². The van der Waals surface area contributed by atoms with Crippen molar-refractivity contribution >= 4 is 40.6 Å². The summed E-state index contributed by atoms with van der Waals surface area (Å²) in [6.07, 6.45) is 0. The van der Waals surface area contributed by atoms with Crippen LogP contribution in [0.5, 0.6) is 0 Å². The highest BCUT2D eigenvalue weighted by atomic mass is 35.5. The average Bonchev–Trinajstić information content (AvgIpc) is 3.09. The van der Waals surface area contributed by atoms with E-state index in [2.05, 4.69) is 34.3 Å². The van der Waals surface area contributed by atoms with Crippen LogP contribution in [0.3, 0.4) is 0 Å². The van der Waals surface area contributed by atoms with E-state index in [1.54, 1.807) is 12.1 Å². The van der Waals surface area contributed by atoms with E-state index in [0.717, 1.165) is 30.0 Å². The number of carbonyl (C=O) groups excluding carboxylic acids is 1. The number of nitrogens with two attached hydrogens (primary N) is 1. The van der Waals surface area contributed by atoms with Gasteiger partial charge in [-0.15, -0.1) is 10.2 Å². The zero-order chi connectivity index (χ0) is 20.8. The third kappa shape index (κ3) is 5.21. The van der Waals surface area contributed by atoms with Crippen molar-refractivity contribution in [2.75, 3.05) is 34.9 Å². The van der Waals surface area contributed by atoms with E-state index in [-0.39, 0.29) is 11.7 Å². The SMILES string of the molecule is CCN(CC)c1ccc(NC(=O)CSc2nnc(-c3cccc(Cl)c3)n2N)cc1. The van der Waals surface area contributed by atoms with Crippen molar-refractivity contribution in [1.82, 2.24) is 14.9 Å². The smallest absolute Gasteiger partial charge is 0.234 e. The number of anilines is 2. The van der Waals surface area contributed by atoms with E-state index in [4.69, 9.17) is 17.4 Å². The highest BCUT2D eigenvalue weighted by molar-refractivity contribution is 7.99. The quantitative estimate of drug-likeness (QED) is 0.416. The molecule has 0 fully saturated rings. The second-order valence-corrected chi connectivity index (χ2v) is 7.62. The Morgan fingerprint density at radius 3 is 2.55 bits per heavy atom. The molecule has 0 saturated heterocycles. The number of hydrogen-bond donors (Lipinski definition) is 2. The number of rotatable bonds is 8. The predicted molar refractivity (Wildman–Crippen MR) is 120 cm³/mol. The largest absolute Gasteiger partial charge is 0.372 e. The van der Waals surface area contributed by atoms with Crippen LogP contribution in [0.2, 0.25) is 5.02 Å². The van der Waals surface area contributed by atoms with E-state index in [9.17, 15) is 4.79 Å². The lowest BCUT2D eigenvalue weighted by Crippen LogP contribution is -2.21. The van der Waals surface area contributed by atoms with Crippen LogP contribution in [-0.2, 0) is 4.79 Å².